The smallest absolute Gasteiger partial charge is 0.222 e. The number of nitrogens with zero attached hydrogens (tertiary/aromatic N) is 1. The Hall–Kier alpha value is -1.06. The topological polar surface area (TPSA) is 63.4 Å². The second-order valence-electron chi connectivity index (χ2n) is 4.00. The van der Waals surface area contributed by atoms with Crippen molar-refractivity contribution >= 4 is 11.8 Å². The molecular formula is C12H24N2O2. The van der Waals surface area contributed by atoms with E-state index in [-0.39, 0.29) is 11.8 Å². The molecule has 0 aromatic carbocycles. The highest BCUT2D eigenvalue weighted by molar-refractivity contribution is 5.76. The third kappa shape index (κ3) is 7.26. The molecule has 0 aromatic rings. The minimum atomic E-state index is -0.264. The number of carbonyl (C=O) groups is 2. The summed E-state index contributed by atoms with van der Waals surface area (Å²) in [5.41, 5.74) is 5.05. The summed E-state index contributed by atoms with van der Waals surface area (Å²) in [4.78, 5) is 24.1. The van der Waals surface area contributed by atoms with Crippen LogP contribution in [-0.2, 0) is 9.59 Å². The van der Waals surface area contributed by atoms with Crippen LogP contribution in [0.15, 0.2) is 0 Å². The van der Waals surface area contributed by atoms with E-state index in [9.17, 15) is 9.59 Å². The third-order valence-corrected chi connectivity index (χ3v) is 2.58. The molecule has 0 fully saturated rings. The van der Waals surface area contributed by atoms with E-state index in [1.807, 2.05) is 11.8 Å². The molecule has 2 amide bonds. The molecule has 4 heteroatoms. The molecule has 0 radical (unpaired) electrons. The van der Waals surface area contributed by atoms with E-state index >= 15 is 0 Å². The Morgan fingerprint density at radius 1 is 1.06 bits per heavy atom. The van der Waals surface area contributed by atoms with Gasteiger partial charge < -0.3 is 10.6 Å². The van der Waals surface area contributed by atoms with Gasteiger partial charge in [0.2, 0.25) is 11.8 Å². The maximum atomic E-state index is 11.7. The lowest BCUT2D eigenvalue weighted by Crippen LogP contribution is -2.31. The normalized spacial score (nSPS) is 10.1. The molecular weight excluding hydrogens is 204 g/mol. The van der Waals surface area contributed by atoms with Gasteiger partial charge in [0, 0.05) is 25.9 Å². The van der Waals surface area contributed by atoms with Gasteiger partial charge in [-0.05, 0) is 26.2 Å². The number of carbonyl (C=O) groups excluding carboxylic acids is 2. The molecule has 2 N–H and O–H groups in total. The average Bonchev–Trinajstić information content (AvgIpc) is 2.25. The SMILES string of the molecule is CCCCC(=O)N(CC)CCCCC(N)=O. The Morgan fingerprint density at radius 3 is 2.25 bits per heavy atom. The first-order valence-corrected chi connectivity index (χ1v) is 6.17. The van der Waals surface area contributed by atoms with Gasteiger partial charge in [0.1, 0.15) is 0 Å². The van der Waals surface area contributed by atoms with Crippen molar-refractivity contribution in [3.8, 4) is 0 Å². The van der Waals surface area contributed by atoms with E-state index in [1.165, 1.54) is 0 Å². The molecule has 0 aliphatic carbocycles. The Labute approximate surface area is 98.2 Å². The molecule has 94 valence electrons. The molecule has 0 rings (SSSR count). The first kappa shape index (κ1) is 14.9. The van der Waals surface area contributed by atoms with Gasteiger partial charge in [0.25, 0.3) is 0 Å². The minimum Gasteiger partial charge on any atom is -0.370 e. The molecule has 0 unspecified atom stereocenters. The van der Waals surface area contributed by atoms with Crippen molar-refractivity contribution in [3.63, 3.8) is 0 Å². The average molecular weight is 228 g/mol. The van der Waals surface area contributed by atoms with E-state index in [1.54, 1.807) is 0 Å². The van der Waals surface area contributed by atoms with Gasteiger partial charge in [0.15, 0.2) is 0 Å². The van der Waals surface area contributed by atoms with Crippen LogP contribution in [0, 0.1) is 0 Å². The molecule has 16 heavy (non-hydrogen) atoms. The molecule has 0 heterocycles. The highest BCUT2D eigenvalue weighted by atomic mass is 16.2. The Kier molecular flexibility index (Phi) is 8.58. The van der Waals surface area contributed by atoms with Crippen molar-refractivity contribution in [1.29, 1.82) is 0 Å². The van der Waals surface area contributed by atoms with Gasteiger partial charge in [-0.25, -0.2) is 0 Å². The Bertz CT molecular complexity index is 217. The predicted octanol–water partition coefficient (Wildman–Crippen LogP) is 1.68. The van der Waals surface area contributed by atoms with E-state index in [4.69, 9.17) is 5.73 Å². The van der Waals surface area contributed by atoms with Crippen molar-refractivity contribution in [2.45, 2.75) is 52.4 Å². The van der Waals surface area contributed by atoms with E-state index in [2.05, 4.69) is 6.92 Å². The summed E-state index contributed by atoms with van der Waals surface area (Å²) in [6.07, 6.45) is 4.68. The van der Waals surface area contributed by atoms with Crippen LogP contribution in [0.3, 0.4) is 0 Å². The monoisotopic (exact) mass is 228 g/mol. The second-order valence-corrected chi connectivity index (χ2v) is 4.00. The number of amides is 2. The Morgan fingerprint density at radius 2 is 1.75 bits per heavy atom. The molecule has 0 spiro atoms. The lowest BCUT2D eigenvalue weighted by atomic mass is 10.2. The molecule has 0 aromatic heterocycles. The number of unbranched alkanes of at least 4 members (excludes halogenated alkanes) is 2. The fourth-order valence-corrected chi connectivity index (χ4v) is 1.55. The Balaban J connectivity index is 3.73. The standard InChI is InChI=1S/C12H24N2O2/c1-3-5-9-12(16)14(4-2)10-7-6-8-11(13)15/h3-10H2,1-2H3,(H2,13,15). The van der Waals surface area contributed by atoms with Crippen LogP contribution in [0.2, 0.25) is 0 Å². The van der Waals surface area contributed by atoms with Gasteiger partial charge in [-0.2, -0.15) is 0 Å². The summed E-state index contributed by atoms with van der Waals surface area (Å²) in [5, 5.41) is 0. The van der Waals surface area contributed by atoms with Crippen molar-refractivity contribution in [3.05, 3.63) is 0 Å². The van der Waals surface area contributed by atoms with Crippen molar-refractivity contribution in [2.75, 3.05) is 13.1 Å². The van der Waals surface area contributed by atoms with Gasteiger partial charge in [-0.1, -0.05) is 13.3 Å². The highest BCUT2D eigenvalue weighted by Crippen LogP contribution is 2.03. The number of rotatable bonds is 9. The van der Waals surface area contributed by atoms with Gasteiger partial charge >= 0.3 is 0 Å². The van der Waals surface area contributed by atoms with Crippen LogP contribution in [-0.4, -0.2) is 29.8 Å². The van der Waals surface area contributed by atoms with E-state index in [0.717, 1.165) is 38.8 Å². The predicted molar refractivity (Wildman–Crippen MR) is 64.8 cm³/mol. The number of hydrogen-bond acceptors (Lipinski definition) is 2. The fraction of sp³-hybridized carbons (Fsp3) is 0.833. The first-order valence-electron chi connectivity index (χ1n) is 6.17. The van der Waals surface area contributed by atoms with Crippen LogP contribution in [0.25, 0.3) is 0 Å². The van der Waals surface area contributed by atoms with Crippen LogP contribution >= 0.6 is 0 Å². The summed E-state index contributed by atoms with van der Waals surface area (Å²) in [6.45, 7) is 5.56. The highest BCUT2D eigenvalue weighted by Gasteiger charge is 2.10. The largest absolute Gasteiger partial charge is 0.370 e. The van der Waals surface area contributed by atoms with Gasteiger partial charge in [0.05, 0.1) is 0 Å². The van der Waals surface area contributed by atoms with Gasteiger partial charge in [-0.3, -0.25) is 9.59 Å². The minimum absolute atomic E-state index is 0.225. The maximum Gasteiger partial charge on any atom is 0.222 e. The van der Waals surface area contributed by atoms with E-state index < -0.39 is 0 Å². The van der Waals surface area contributed by atoms with Crippen molar-refractivity contribution in [1.82, 2.24) is 4.90 Å². The third-order valence-electron chi connectivity index (χ3n) is 2.58. The lowest BCUT2D eigenvalue weighted by molar-refractivity contribution is -0.131. The maximum absolute atomic E-state index is 11.7. The number of hydrogen-bond donors (Lipinski definition) is 1. The number of nitrogens with two attached hydrogens (primary N) is 1. The van der Waals surface area contributed by atoms with Crippen LogP contribution in [0.5, 0.6) is 0 Å². The van der Waals surface area contributed by atoms with Crippen molar-refractivity contribution < 1.29 is 9.59 Å². The van der Waals surface area contributed by atoms with Crippen LogP contribution in [0.4, 0.5) is 0 Å². The summed E-state index contributed by atoms with van der Waals surface area (Å²) in [7, 11) is 0. The zero-order chi connectivity index (χ0) is 12.4. The fourth-order valence-electron chi connectivity index (χ4n) is 1.55. The zero-order valence-corrected chi connectivity index (χ0v) is 10.5. The van der Waals surface area contributed by atoms with E-state index in [0.29, 0.717) is 12.8 Å². The molecule has 0 atom stereocenters. The first-order chi connectivity index (χ1) is 7.61. The summed E-state index contributed by atoms with van der Waals surface area (Å²) in [6, 6.07) is 0. The molecule has 0 bridgehead atoms. The molecule has 0 saturated carbocycles. The zero-order valence-electron chi connectivity index (χ0n) is 10.5. The second kappa shape index (κ2) is 9.19. The van der Waals surface area contributed by atoms with Crippen molar-refractivity contribution in [2.24, 2.45) is 5.73 Å². The molecule has 0 aliphatic heterocycles. The summed E-state index contributed by atoms with van der Waals surface area (Å²) >= 11 is 0. The quantitative estimate of drug-likeness (QED) is 0.610. The lowest BCUT2D eigenvalue weighted by Gasteiger charge is -2.20. The number of primary amides is 1. The molecule has 0 aliphatic rings. The van der Waals surface area contributed by atoms with Crippen LogP contribution < -0.4 is 5.73 Å². The van der Waals surface area contributed by atoms with Crippen LogP contribution in [0.1, 0.15) is 52.4 Å². The van der Waals surface area contributed by atoms with Gasteiger partial charge in [-0.15, -0.1) is 0 Å². The summed E-state index contributed by atoms with van der Waals surface area (Å²) in [5.74, 6) is -0.0382. The molecule has 0 saturated heterocycles. The molecule has 4 nitrogen and oxygen atoms in total. The summed E-state index contributed by atoms with van der Waals surface area (Å²) < 4.78 is 0.